The molecule has 1 amide bonds. The van der Waals surface area contributed by atoms with Crippen LogP contribution in [-0.2, 0) is 4.79 Å². The lowest BCUT2D eigenvalue weighted by atomic mass is 10.3. The van der Waals surface area contributed by atoms with Crippen LogP contribution in [0.2, 0.25) is 5.02 Å². The van der Waals surface area contributed by atoms with E-state index < -0.39 is 0 Å². The molecule has 0 aliphatic rings. The molecular formula is C12H11ClN4O2S. The van der Waals surface area contributed by atoms with Gasteiger partial charge in [-0.05, 0) is 25.1 Å². The molecule has 104 valence electrons. The molecule has 1 aromatic heterocycles. The fourth-order valence-corrected chi connectivity index (χ4v) is 2.13. The molecule has 0 fully saturated rings. The number of amides is 1. The summed E-state index contributed by atoms with van der Waals surface area (Å²) in [6.07, 6.45) is 0. The van der Waals surface area contributed by atoms with Crippen LogP contribution in [0.1, 0.15) is 5.69 Å². The van der Waals surface area contributed by atoms with Crippen molar-refractivity contribution in [2.75, 3.05) is 11.1 Å². The Balaban J connectivity index is 1.92. The molecule has 1 aromatic carbocycles. The van der Waals surface area contributed by atoms with Gasteiger partial charge in [-0.2, -0.15) is 0 Å². The van der Waals surface area contributed by atoms with E-state index in [-0.39, 0.29) is 22.9 Å². The highest BCUT2D eigenvalue weighted by atomic mass is 35.5. The van der Waals surface area contributed by atoms with Crippen molar-refractivity contribution >= 4 is 35.0 Å². The Kier molecular flexibility index (Phi) is 4.75. The number of hydrogen-bond donors (Lipinski definition) is 2. The zero-order chi connectivity index (χ0) is 14.5. The zero-order valence-corrected chi connectivity index (χ0v) is 12.1. The molecule has 20 heavy (non-hydrogen) atoms. The number of anilines is 1. The number of hydrogen-bond acceptors (Lipinski definition) is 5. The van der Waals surface area contributed by atoms with E-state index in [2.05, 4.69) is 20.5 Å². The highest BCUT2D eigenvalue weighted by Gasteiger charge is 2.06. The third kappa shape index (κ3) is 4.07. The first-order valence-corrected chi connectivity index (χ1v) is 7.03. The first-order chi connectivity index (χ1) is 9.54. The molecule has 0 aliphatic heterocycles. The summed E-state index contributed by atoms with van der Waals surface area (Å²) in [5.41, 5.74) is 0.599. The van der Waals surface area contributed by atoms with E-state index in [4.69, 9.17) is 11.6 Å². The van der Waals surface area contributed by atoms with Crippen LogP contribution in [0.4, 0.5) is 5.69 Å². The molecule has 0 saturated heterocycles. The Morgan fingerprint density at radius 3 is 2.95 bits per heavy atom. The SMILES string of the molecule is Cc1nnc(SCC(=O)Nc2cccc(Cl)c2)[nH]c1=O. The van der Waals surface area contributed by atoms with E-state index in [1.54, 1.807) is 31.2 Å². The first kappa shape index (κ1) is 14.5. The molecule has 1 heterocycles. The van der Waals surface area contributed by atoms with Gasteiger partial charge in [0.05, 0.1) is 5.75 Å². The van der Waals surface area contributed by atoms with E-state index in [1.807, 2.05) is 0 Å². The summed E-state index contributed by atoms with van der Waals surface area (Å²) in [6.45, 7) is 1.56. The largest absolute Gasteiger partial charge is 0.325 e. The molecule has 0 unspecified atom stereocenters. The predicted molar refractivity (Wildman–Crippen MR) is 78.2 cm³/mol. The molecule has 0 saturated carbocycles. The fourth-order valence-electron chi connectivity index (χ4n) is 1.34. The number of rotatable bonds is 4. The van der Waals surface area contributed by atoms with Crippen molar-refractivity contribution in [3.63, 3.8) is 0 Å². The molecule has 2 rings (SSSR count). The first-order valence-electron chi connectivity index (χ1n) is 5.66. The molecule has 6 nitrogen and oxygen atoms in total. The van der Waals surface area contributed by atoms with Gasteiger partial charge in [0.25, 0.3) is 5.56 Å². The number of aromatic amines is 1. The highest BCUT2D eigenvalue weighted by molar-refractivity contribution is 7.99. The highest BCUT2D eigenvalue weighted by Crippen LogP contribution is 2.16. The van der Waals surface area contributed by atoms with Crippen molar-refractivity contribution in [2.24, 2.45) is 0 Å². The second kappa shape index (κ2) is 6.53. The monoisotopic (exact) mass is 310 g/mol. The lowest BCUT2D eigenvalue weighted by Gasteiger charge is -2.04. The number of benzene rings is 1. The van der Waals surface area contributed by atoms with Crippen molar-refractivity contribution in [2.45, 2.75) is 12.1 Å². The number of nitrogens with zero attached hydrogens (tertiary/aromatic N) is 2. The van der Waals surface area contributed by atoms with Crippen LogP contribution in [0.25, 0.3) is 0 Å². The minimum Gasteiger partial charge on any atom is -0.325 e. The van der Waals surface area contributed by atoms with Crippen LogP contribution in [0, 0.1) is 6.92 Å². The van der Waals surface area contributed by atoms with Crippen LogP contribution < -0.4 is 10.9 Å². The van der Waals surface area contributed by atoms with Crippen LogP contribution in [-0.4, -0.2) is 26.8 Å². The normalized spacial score (nSPS) is 10.3. The van der Waals surface area contributed by atoms with Gasteiger partial charge in [0.1, 0.15) is 5.69 Å². The maximum absolute atomic E-state index is 11.7. The smallest absolute Gasteiger partial charge is 0.273 e. The average Bonchev–Trinajstić information content (AvgIpc) is 2.40. The minimum atomic E-state index is -0.308. The summed E-state index contributed by atoms with van der Waals surface area (Å²) in [6, 6.07) is 6.85. The van der Waals surface area contributed by atoms with Crippen molar-refractivity contribution in [1.29, 1.82) is 0 Å². The number of aryl methyl sites for hydroxylation is 1. The van der Waals surface area contributed by atoms with Crippen LogP contribution >= 0.6 is 23.4 Å². The van der Waals surface area contributed by atoms with Gasteiger partial charge in [0, 0.05) is 10.7 Å². The third-order valence-electron chi connectivity index (χ3n) is 2.29. The molecule has 0 aliphatic carbocycles. The van der Waals surface area contributed by atoms with Crippen molar-refractivity contribution in [3.8, 4) is 0 Å². The number of nitrogens with one attached hydrogen (secondary N) is 2. The molecule has 8 heteroatoms. The predicted octanol–water partition coefficient (Wildman–Crippen LogP) is 1.86. The maximum Gasteiger partial charge on any atom is 0.273 e. The summed E-state index contributed by atoms with van der Waals surface area (Å²) in [5.74, 6) is -0.110. The summed E-state index contributed by atoms with van der Waals surface area (Å²) in [4.78, 5) is 25.6. The van der Waals surface area contributed by atoms with Crippen LogP contribution in [0.5, 0.6) is 0 Å². The minimum absolute atomic E-state index is 0.111. The Morgan fingerprint density at radius 2 is 2.25 bits per heavy atom. The molecule has 2 aromatic rings. The average molecular weight is 311 g/mol. The van der Waals surface area contributed by atoms with Gasteiger partial charge in [-0.25, -0.2) is 0 Å². The van der Waals surface area contributed by atoms with Gasteiger partial charge < -0.3 is 5.32 Å². The van der Waals surface area contributed by atoms with Gasteiger partial charge >= 0.3 is 0 Å². The Morgan fingerprint density at radius 1 is 1.45 bits per heavy atom. The van der Waals surface area contributed by atoms with Gasteiger partial charge in [-0.1, -0.05) is 29.4 Å². The van der Waals surface area contributed by atoms with E-state index in [1.165, 1.54) is 0 Å². The fraction of sp³-hybridized carbons (Fsp3) is 0.167. The zero-order valence-electron chi connectivity index (χ0n) is 10.5. The van der Waals surface area contributed by atoms with Crippen LogP contribution in [0.3, 0.4) is 0 Å². The van der Waals surface area contributed by atoms with Gasteiger partial charge in [0.2, 0.25) is 5.91 Å². The van der Waals surface area contributed by atoms with Crippen molar-refractivity contribution in [1.82, 2.24) is 15.2 Å². The quantitative estimate of drug-likeness (QED) is 0.842. The van der Waals surface area contributed by atoms with Gasteiger partial charge in [0.15, 0.2) is 5.16 Å². The molecule has 0 atom stereocenters. The molecule has 2 N–H and O–H groups in total. The van der Waals surface area contributed by atoms with Crippen LogP contribution in [0.15, 0.2) is 34.2 Å². The van der Waals surface area contributed by atoms with E-state index in [0.29, 0.717) is 15.9 Å². The lowest BCUT2D eigenvalue weighted by Crippen LogP contribution is -2.17. The van der Waals surface area contributed by atoms with Crippen molar-refractivity contribution in [3.05, 3.63) is 45.3 Å². The second-order valence-corrected chi connectivity index (χ2v) is 5.29. The van der Waals surface area contributed by atoms with Crippen molar-refractivity contribution < 1.29 is 4.79 Å². The molecular weight excluding hydrogens is 300 g/mol. The Bertz CT molecular complexity index is 689. The molecule has 0 radical (unpaired) electrons. The summed E-state index contributed by atoms with van der Waals surface area (Å²) >= 11 is 6.92. The van der Waals surface area contributed by atoms with E-state index in [9.17, 15) is 9.59 Å². The Hall–Kier alpha value is -1.86. The number of carbonyl (C=O) groups excluding carboxylic acids is 1. The maximum atomic E-state index is 11.7. The van der Waals surface area contributed by atoms with E-state index >= 15 is 0 Å². The number of thioether (sulfide) groups is 1. The van der Waals surface area contributed by atoms with Gasteiger partial charge in [-0.15, -0.1) is 10.2 Å². The number of aromatic nitrogens is 3. The Labute approximate surface area is 124 Å². The number of H-pyrrole nitrogens is 1. The van der Waals surface area contributed by atoms with Gasteiger partial charge in [-0.3, -0.25) is 14.6 Å². The lowest BCUT2D eigenvalue weighted by molar-refractivity contribution is -0.113. The molecule has 0 bridgehead atoms. The van der Waals surface area contributed by atoms with E-state index in [0.717, 1.165) is 11.8 Å². The second-order valence-electron chi connectivity index (χ2n) is 3.89. The molecule has 0 spiro atoms. The number of carbonyl (C=O) groups is 1. The summed E-state index contributed by atoms with van der Waals surface area (Å²) in [7, 11) is 0. The number of halogens is 1. The third-order valence-corrected chi connectivity index (χ3v) is 3.39. The summed E-state index contributed by atoms with van der Waals surface area (Å²) < 4.78 is 0. The topological polar surface area (TPSA) is 87.7 Å². The summed E-state index contributed by atoms with van der Waals surface area (Å²) in [5, 5.41) is 11.0. The standard InChI is InChI=1S/C12H11ClN4O2S/c1-7-11(19)15-12(17-16-7)20-6-10(18)14-9-4-2-3-8(13)5-9/h2-5H,6H2,1H3,(H,14,18)(H,15,17,19).